The summed E-state index contributed by atoms with van der Waals surface area (Å²) in [5, 5.41) is 11.1. The topological polar surface area (TPSA) is 106 Å². The first-order valence-electron chi connectivity index (χ1n) is 12.3. The van der Waals surface area contributed by atoms with Gasteiger partial charge < -0.3 is 14.0 Å². The van der Waals surface area contributed by atoms with Crippen LogP contribution in [0.2, 0.25) is 0 Å². The van der Waals surface area contributed by atoms with Gasteiger partial charge in [0.15, 0.2) is 5.82 Å². The SMILES string of the molecule is CC(C)OC(=O)N(C)c1ccc(-c2c(C#N)c3ccc(OCc4ncncn4)cc3n2C2CCC2)cc1. The molecular formula is C28H28N6O3. The van der Waals surface area contributed by atoms with Crippen molar-refractivity contribution in [2.75, 3.05) is 11.9 Å². The minimum atomic E-state index is -0.409. The molecule has 4 aromatic rings. The van der Waals surface area contributed by atoms with Gasteiger partial charge in [0.05, 0.1) is 22.9 Å². The summed E-state index contributed by atoms with van der Waals surface area (Å²) in [5.74, 6) is 1.23. The summed E-state index contributed by atoms with van der Waals surface area (Å²) in [6.07, 6.45) is 5.55. The average molecular weight is 497 g/mol. The van der Waals surface area contributed by atoms with Crippen LogP contribution in [0.5, 0.6) is 5.75 Å². The Morgan fingerprint density at radius 2 is 1.89 bits per heavy atom. The van der Waals surface area contributed by atoms with Crippen molar-refractivity contribution in [2.45, 2.75) is 51.9 Å². The molecule has 2 heterocycles. The molecule has 0 bridgehead atoms. The van der Waals surface area contributed by atoms with Crippen LogP contribution in [0.3, 0.4) is 0 Å². The molecule has 0 aliphatic heterocycles. The number of nitriles is 1. The van der Waals surface area contributed by atoms with Gasteiger partial charge in [0.25, 0.3) is 0 Å². The molecule has 0 atom stereocenters. The third kappa shape index (κ3) is 4.83. The van der Waals surface area contributed by atoms with Gasteiger partial charge >= 0.3 is 6.09 Å². The number of carbonyl (C=O) groups is 1. The fourth-order valence-electron chi connectivity index (χ4n) is 4.52. The quantitative estimate of drug-likeness (QED) is 0.325. The van der Waals surface area contributed by atoms with Crippen molar-refractivity contribution in [3.8, 4) is 23.1 Å². The predicted octanol–water partition coefficient (Wildman–Crippen LogP) is 5.65. The van der Waals surface area contributed by atoms with E-state index in [0.29, 0.717) is 28.9 Å². The summed E-state index contributed by atoms with van der Waals surface area (Å²) in [5.41, 5.74) is 4.11. The molecule has 1 aliphatic carbocycles. The smallest absolute Gasteiger partial charge is 0.414 e. The molecule has 2 aromatic carbocycles. The molecule has 0 unspecified atom stereocenters. The maximum absolute atomic E-state index is 12.3. The molecular weight excluding hydrogens is 468 g/mol. The third-order valence-corrected chi connectivity index (χ3v) is 6.58. The van der Waals surface area contributed by atoms with Crippen molar-refractivity contribution in [3.05, 3.63) is 66.5 Å². The maximum Gasteiger partial charge on any atom is 0.414 e. The van der Waals surface area contributed by atoms with Crippen LogP contribution in [0.25, 0.3) is 22.2 Å². The van der Waals surface area contributed by atoms with Gasteiger partial charge in [-0.3, -0.25) is 4.90 Å². The van der Waals surface area contributed by atoms with Crippen LogP contribution in [-0.2, 0) is 11.3 Å². The van der Waals surface area contributed by atoms with Crippen LogP contribution in [0.1, 0.15) is 50.5 Å². The molecule has 1 amide bonds. The number of aromatic nitrogens is 4. The van der Waals surface area contributed by atoms with E-state index in [1.54, 1.807) is 7.05 Å². The van der Waals surface area contributed by atoms with Crippen LogP contribution in [-0.4, -0.2) is 38.8 Å². The van der Waals surface area contributed by atoms with E-state index in [1.807, 2.05) is 56.3 Å². The van der Waals surface area contributed by atoms with Crippen molar-refractivity contribution in [3.63, 3.8) is 0 Å². The zero-order chi connectivity index (χ0) is 25.9. The number of ether oxygens (including phenoxy) is 2. The number of benzene rings is 2. The second-order valence-electron chi connectivity index (χ2n) is 9.35. The molecule has 9 nitrogen and oxygen atoms in total. The fraction of sp³-hybridized carbons (Fsp3) is 0.321. The minimum Gasteiger partial charge on any atom is -0.486 e. The van der Waals surface area contributed by atoms with Gasteiger partial charge in [-0.15, -0.1) is 0 Å². The molecule has 0 N–H and O–H groups in total. The Hall–Kier alpha value is -4.45. The molecule has 2 aromatic heterocycles. The first kappa shape index (κ1) is 24.3. The largest absolute Gasteiger partial charge is 0.486 e. The zero-order valence-corrected chi connectivity index (χ0v) is 21.1. The van der Waals surface area contributed by atoms with Gasteiger partial charge in [0.2, 0.25) is 0 Å². The molecule has 9 heteroatoms. The maximum atomic E-state index is 12.3. The summed E-state index contributed by atoms with van der Waals surface area (Å²) >= 11 is 0. The van der Waals surface area contributed by atoms with Crippen LogP contribution in [0, 0.1) is 11.3 Å². The van der Waals surface area contributed by atoms with Crippen molar-refractivity contribution in [1.29, 1.82) is 5.26 Å². The van der Waals surface area contributed by atoms with E-state index in [2.05, 4.69) is 25.6 Å². The number of fused-ring (bicyclic) bond motifs is 1. The molecule has 1 saturated carbocycles. The lowest BCUT2D eigenvalue weighted by Crippen LogP contribution is -2.29. The second kappa shape index (κ2) is 10.3. The summed E-state index contributed by atoms with van der Waals surface area (Å²) in [6, 6.07) is 16.2. The van der Waals surface area contributed by atoms with Gasteiger partial charge in [0, 0.05) is 30.2 Å². The van der Waals surface area contributed by atoms with E-state index >= 15 is 0 Å². The monoisotopic (exact) mass is 496 g/mol. The Morgan fingerprint density at radius 1 is 1.16 bits per heavy atom. The highest BCUT2D eigenvalue weighted by Crippen LogP contribution is 2.43. The van der Waals surface area contributed by atoms with Crippen molar-refractivity contribution in [1.82, 2.24) is 19.5 Å². The number of hydrogen-bond acceptors (Lipinski definition) is 7. The molecule has 37 heavy (non-hydrogen) atoms. The second-order valence-corrected chi connectivity index (χ2v) is 9.35. The Morgan fingerprint density at radius 3 is 2.51 bits per heavy atom. The van der Waals surface area contributed by atoms with Gasteiger partial charge in [-0.05, 0) is 62.9 Å². The highest BCUT2D eigenvalue weighted by atomic mass is 16.6. The zero-order valence-electron chi connectivity index (χ0n) is 21.1. The van der Waals surface area contributed by atoms with E-state index in [4.69, 9.17) is 9.47 Å². The van der Waals surface area contributed by atoms with E-state index in [-0.39, 0.29) is 12.7 Å². The Bertz CT molecular complexity index is 1450. The summed E-state index contributed by atoms with van der Waals surface area (Å²) in [6.45, 7) is 3.87. The lowest BCUT2D eigenvalue weighted by Gasteiger charge is -2.30. The normalized spacial score (nSPS) is 13.3. The molecule has 0 saturated heterocycles. The van der Waals surface area contributed by atoms with E-state index in [0.717, 1.165) is 41.4 Å². The molecule has 0 radical (unpaired) electrons. The molecule has 1 fully saturated rings. The molecule has 1 aliphatic rings. The van der Waals surface area contributed by atoms with E-state index in [9.17, 15) is 10.1 Å². The average Bonchev–Trinajstić information content (AvgIpc) is 3.19. The van der Waals surface area contributed by atoms with Crippen LogP contribution in [0.15, 0.2) is 55.1 Å². The first-order valence-corrected chi connectivity index (χ1v) is 12.3. The summed E-state index contributed by atoms with van der Waals surface area (Å²) < 4.78 is 13.6. The molecule has 5 rings (SSSR count). The van der Waals surface area contributed by atoms with Crippen molar-refractivity contribution in [2.24, 2.45) is 0 Å². The Labute approximate surface area is 215 Å². The minimum absolute atomic E-state index is 0.198. The first-order chi connectivity index (χ1) is 18.0. The third-order valence-electron chi connectivity index (χ3n) is 6.58. The summed E-state index contributed by atoms with van der Waals surface area (Å²) in [7, 11) is 1.68. The number of amides is 1. The van der Waals surface area contributed by atoms with Crippen molar-refractivity contribution < 1.29 is 14.3 Å². The number of hydrogen-bond donors (Lipinski definition) is 0. The van der Waals surface area contributed by atoms with E-state index < -0.39 is 6.09 Å². The highest BCUT2D eigenvalue weighted by Gasteiger charge is 2.28. The van der Waals surface area contributed by atoms with Crippen LogP contribution in [0.4, 0.5) is 10.5 Å². The lowest BCUT2D eigenvalue weighted by atomic mass is 9.92. The van der Waals surface area contributed by atoms with Crippen LogP contribution >= 0.6 is 0 Å². The molecule has 0 spiro atoms. The number of anilines is 1. The Balaban J connectivity index is 1.52. The number of nitrogens with zero attached hydrogens (tertiary/aromatic N) is 6. The summed E-state index contributed by atoms with van der Waals surface area (Å²) in [4.78, 5) is 25.9. The van der Waals surface area contributed by atoms with Gasteiger partial charge in [-0.25, -0.2) is 19.7 Å². The number of rotatable bonds is 7. The lowest BCUT2D eigenvalue weighted by molar-refractivity contribution is 0.124. The van der Waals surface area contributed by atoms with Crippen molar-refractivity contribution >= 4 is 22.7 Å². The predicted molar refractivity (Wildman–Crippen MR) is 139 cm³/mol. The van der Waals surface area contributed by atoms with Gasteiger partial charge in [-0.1, -0.05) is 12.1 Å². The van der Waals surface area contributed by atoms with E-state index in [1.165, 1.54) is 17.6 Å². The Kier molecular flexibility index (Phi) is 6.73. The fourth-order valence-corrected chi connectivity index (χ4v) is 4.52. The van der Waals surface area contributed by atoms with Crippen LogP contribution < -0.4 is 9.64 Å². The standard InChI is InChI=1S/C28H28N6O3/c1-18(2)37-28(35)33(3)20-9-7-19(8-10-20)27-24(14-29)23-12-11-22(36-15-26-31-16-30-17-32-26)13-25(23)34(27)21-5-4-6-21/h7-13,16-18,21H,4-6,15H2,1-3H3. The van der Waals surface area contributed by atoms with Gasteiger partial charge in [0.1, 0.15) is 31.1 Å². The van der Waals surface area contributed by atoms with Gasteiger partial charge in [-0.2, -0.15) is 5.26 Å². The highest BCUT2D eigenvalue weighted by molar-refractivity contribution is 5.96. The molecule has 188 valence electrons. The number of carbonyl (C=O) groups excluding carboxylic acids is 1.